The van der Waals surface area contributed by atoms with Crippen molar-refractivity contribution >= 4 is 66.0 Å². The lowest BCUT2D eigenvalue weighted by Gasteiger charge is -2.30. The molecule has 0 saturated carbocycles. The van der Waals surface area contributed by atoms with Crippen molar-refractivity contribution in [3.05, 3.63) is 142 Å². The van der Waals surface area contributed by atoms with Crippen LogP contribution in [0.1, 0.15) is 0 Å². The van der Waals surface area contributed by atoms with Gasteiger partial charge in [0.25, 0.3) is 0 Å². The molecule has 0 aliphatic heterocycles. The molecule has 0 atom stereocenters. The number of benzene rings is 5. The molecule has 2 nitrogen and oxygen atoms in total. The molecule has 0 N–H and O–H groups in total. The van der Waals surface area contributed by atoms with Crippen molar-refractivity contribution in [2.75, 3.05) is 9.80 Å². The third-order valence-electron chi connectivity index (χ3n) is 5.58. The number of nitrogens with zero attached hydrogens (tertiary/aromatic N) is 2. The van der Waals surface area contributed by atoms with Crippen molar-refractivity contribution in [1.82, 2.24) is 0 Å². The number of anilines is 6. The van der Waals surface area contributed by atoms with Crippen LogP contribution in [0.3, 0.4) is 0 Å². The van der Waals surface area contributed by atoms with E-state index < -0.39 is 0 Å². The highest BCUT2D eigenvalue weighted by molar-refractivity contribution is 9.13. The van der Waals surface area contributed by atoms with Crippen LogP contribution in [-0.2, 0) is 0 Å². The first-order valence-corrected chi connectivity index (χ1v) is 12.6. The molecule has 5 aromatic rings. The highest BCUT2D eigenvalue weighted by Crippen LogP contribution is 2.48. The van der Waals surface area contributed by atoms with Gasteiger partial charge in [-0.25, -0.2) is 0 Å². The summed E-state index contributed by atoms with van der Waals surface area (Å²) in [6, 6.07) is 46.0. The Morgan fingerprint density at radius 3 is 0.794 bits per heavy atom. The van der Waals surface area contributed by atoms with Crippen LogP contribution in [0, 0.1) is 0 Å². The predicted octanol–water partition coefficient (Wildman–Crippen LogP) is 10.2. The van der Waals surface area contributed by atoms with Crippen LogP contribution in [0.5, 0.6) is 0 Å². The average Bonchev–Trinajstić information content (AvgIpc) is 2.91. The summed E-state index contributed by atoms with van der Waals surface area (Å²) < 4.78 is 1.96. The van der Waals surface area contributed by atoms with E-state index in [-0.39, 0.29) is 0 Å². The zero-order chi connectivity index (χ0) is 23.3. The topological polar surface area (TPSA) is 6.48 Å². The van der Waals surface area contributed by atoms with Gasteiger partial charge in [0, 0.05) is 22.7 Å². The zero-order valence-corrected chi connectivity index (χ0v) is 21.5. The highest BCUT2D eigenvalue weighted by atomic mass is 79.9. The Hall–Kier alpha value is -3.34. The molecule has 0 aliphatic rings. The number of halogens is 2. The third-order valence-corrected chi connectivity index (χ3v) is 7.72. The van der Waals surface area contributed by atoms with Crippen molar-refractivity contribution in [1.29, 1.82) is 0 Å². The lowest BCUT2D eigenvalue weighted by molar-refractivity contribution is 1.23. The minimum atomic E-state index is 0.981. The minimum Gasteiger partial charge on any atom is -0.309 e. The quantitative estimate of drug-likeness (QED) is 0.201. The Bertz CT molecular complexity index is 1170. The van der Waals surface area contributed by atoms with E-state index in [1.165, 1.54) is 0 Å². The summed E-state index contributed by atoms with van der Waals surface area (Å²) >= 11 is 7.85. The molecule has 0 bridgehead atoms. The van der Waals surface area contributed by atoms with Crippen molar-refractivity contribution in [3.8, 4) is 0 Å². The van der Waals surface area contributed by atoms with E-state index >= 15 is 0 Å². The zero-order valence-electron chi connectivity index (χ0n) is 18.4. The Morgan fingerprint density at radius 1 is 0.324 bits per heavy atom. The molecule has 0 radical (unpaired) electrons. The van der Waals surface area contributed by atoms with E-state index in [0.717, 1.165) is 43.1 Å². The van der Waals surface area contributed by atoms with E-state index in [4.69, 9.17) is 0 Å². The van der Waals surface area contributed by atoms with Crippen molar-refractivity contribution < 1.29 is 0 Å². The van der Waals surface area contributed by atoms with Crippen molar-refractivity contribution in [3.63, 3.8) is 0 Å². The second-order valence-electron chi connectivity index (χ2n) is 7.74. The van der Waals surface area contributed by atoms with Crippen LogP contribution in [0.25, 0.3) is 0 Å². The maximum Gasteiger partial charge on any atom is 0.0616 e. The van der Waals surface area contributed by atoms with Gasteiger partial charge in [-0.05, 0) is 92.5 Å². The highest BCUT2D eigenvalue weighted by Gasteiger charge is 2.22. The molecule has 4 heteroatoms. The molecule has 0 heterocycles. The first-order valence-electron chi connectivity index (χ1n) is 11.0. The van der Waals surface area contributed by atoms with E-state index in [2.05, 4.69) is 151 Å². The predicted molar refractivity (Wildman–Crippen MR) is 151 cm³/mol. The van der Waals surface area contributed by atoms with Crippen molar-refractivity contribution in [2.45, 2.75) is 0 Å². The SMILES string of the molecule is Brc1c(N(c2ccccc2)c2ccccc2)ccc(N(c2ccccc2)c2ccccc2)c1Br. The van der Waals surface area contributed by atoms with Gasteiger partial charge in [-0.15, -0.1) is 0 Å². The molecule has 0 amide bonds. The van der Waals surface area contributed by atoms with E-state index in [1.54, 1.807) is 0 Å². The van der Waals surface area contributed by atoms with E-state index in [9.17, 15) is 0 Å². The molecule has 5 rings (SSSR count). The summed E-state index contributed by atoms with van der Waals surface area (Å²) in [5.74, 6) is 0. The molecule has 0 aromatic heterocycles. The Labute approximate surface area is 217 Å². The molecular weight excluding hydrogens is 548 g/mol. The van der Waals surface area contributed by atoms with Gasteiger partial charge >= 0.3 is 0 Å². The monoisotopic (exact) mass is 568 g/mol. The molecule has 0 aliphatic carbocycles. The Morgan fingerprint density at radius 2 is 0.559 bits per heavy atom. The second kappa shape index (κ2) is 10.3. The number of hydrogen-bond donors (Lipinski definition) is 0. The fourth-order valence-electron chi connectivity index (χ4n) is 4.04. The fourth-order valence-corrected chi connectivity index (χ4v) is 5.06. The van der Waals surface area contributed by atoms with Crippen LogP contribution < -0.4 is 9.80 Å². The van der Waals surface area contributed by atoms with E-state index in [1.807, 2.05) is 24.3 Å². The maximum atomic E-state index is 3.92. The lowest BCUT2D eigenvalue weighted by atomic mass is 10.1. The molecule has 0 fully saturated rings. The largest absolute Gasteiger partial charge is 0.309 e. The summed E-state index contributed by atoms with van der Waals surface area (Å²) in [4.78, 5) is 4.52. The summed E-state index contributed by atoms with van der Waals surface area (Å²) in [5.41, 5.74) is 6.48. The van der Waals surface area contributed by atoms with Gasteiger partial charge in [-0.2, -0.15) is 0 Å². The molecule has 0 saturated heterocycles. The Kier molecular flexibility index (Phi) is 6.79. The van der Waals surface area contributed by atoms with Gasteiger partial charge in [0.15, 0.2) is 0 Å². The number of para-hydroxylation sites is 4. The maximum absolute atomic E-state index is 3.92. The fraction of sp³-hybridized carbons (Fsp3) is 0. The van der Waals surface area contributed by atoms with Crippen LogP contribution in [0.2, 0.25) is 0 Å². The average molecular weight is 570 g/mol. The van der Waals surface area contributed by atoms with Gasteiger partial charge in [-0.1, -0.05) is 72.8 Å². The van der Waals surface area contributed by atoms with Crippen LogP contribution in [0.15, 0.2) is 142 Å². The van der Waals surface area contributed by atoms with Gasteiger partial charge in [0.1, 0.15) is 0 Å². The summed E-state index contributed by atoms with van der Waals surface area (Å²) in [7, 11) is 0. The molecule has 5 aromatic carbocycles. The summed E-state index contributed by atoms with van der Waals surface area (Å²) in [6.45, 7) is 0. The molecule has 166 valence electrons. The minimum absolute atomic E-state index is 0.981. The molecular formula is C30H22Br2N2. The van der Waals surface area contributed by atoms with Gasteiger partial charge in [-0.3, -0.25) is 0 Å². The van der Waals surface area contributed by atoms with E-state index in [0.29, 0.717) is 0 Å². The van der Waals surface area contributed by atoms with Crippen LogP contribution >= 0.6 is 31.9 Å². The second-order valence-corrected chi connectivity index (χ2v) is 9.33. The van der Waals surface area contributed by atoms with Gasteiger partial charge in [0.05, 0.1) is 20.3 Å². The molecule has 0 spiro atoms. The lowest BCUT2D eigenvalue weighted by Crippen LogP contribution is -2.13. The normalized spacial score (nSPS) is 10.6. The first-order chi connectivity index (χ1) is 16.7. The van der Waals surface area contributed by atoms with Gasteiger partial charge in [0.2, 0.25) is 0 Å². The number of hydrogen-bond acceptors (Lipinski definition) is 2. The molecule has 0 unspecified atom stereocenters. The van der Waals surface area contributed by atoms with Crippen molar-refractivity contribution in [2.24, 2.45) is 0 Å². The first kappa shape index (κ1) is 22.5. The smallest absolute Gasteiger partial charge is 0.0616 e. The van der Waals surface area contributed by atoms with Crippen LogP contribution in [0.4, 0.5) is 34.1 Å². The standard InChI is InChI=1S/C30H22Br2N2/c31-29-27(33(23-13-5-1-6-14-23)24-15-7-2-8-16-24)21-22-28(30(29)32)34(25-17-9-3-10-18-25)26-19-11-4-12-20-26/h1-22H. The summed E-state index contributed by atoms with van der Waals surface area (Å²) in [5, 5.41) is 0. The van der Waals surface area contributed by atoms with Crippen LogP contribution in [-0.4, -0.2) is 0 Å². The number of rotatable bonds is 6. The third kappa shape index (κ3) is 4.52. The molecule has 34 heavy (non-hydrogen) atoms. The summed E-state index contributed by atoms with van der Waals surface area (Å²) in [6.07, 6.45) is 0. The Balaban J connectivity index is 1.67. The van der Waals surface area contributed by atoms with Gasteiger partial charge < -0.3 is 9.80 Å².